The minimum absolute atomic E-state index is 0.255. The number of rotatable bonds is 1. The van der Waals surface area contributed by atoms with Crippen LogP contribution in [0.1, 0.15) is 26.7 Å². The maximum Gasteiger partial charge on any atom is 0.151 e. The second-order valence-corrected chi connectivity index (χ2v) is 7.56. The second-order valence-electron chi connectivity index (χ2n) is 5.33. The molecule has 4 nitrogen and oxygen atoms in total. The molecule has 0 spiro atoms. The van der Waals surface area contributed by atoms with Gasteiger partial charge in [-0.05, 0) is 26.7 Å². The number of hydrogen-bond donors (Lipinski definition) is 1. The zero-order valence-corrected chi connectivity index (χ0v) is 11.0. The van der Waals surface area contributed by atoms with Crippen molar-refractivity contribution in [1.82, 2.24) is 10.2 Å². The topological polar surface area (TPSA) is 49.4 Å². The molecule has 16 heavy (non-hydrogen) atoms. The number of nitrogens with zero attached hydrogens (tertiary/aromatic N) is 1. The molecule has 2 heterocycles. The summed E-state index contributed by atoms with van der Waals surface area (Å²) in [6.07, 6.45) is 1.87. The van der Waals surface area contributed by atoms with Crippen molar-refractivity contribution >= 4 is 9.84 Å². The van der Waals surface area contributed by atoms with Crippen LogP contribution in [0.4, 0.5) is 0 Å². The van der Waals surface area contributed by atoms with Crippen molar-refractivity contribution in [2.45, 2.75) is 44.8 Å². The van der Waals surface area contributed by atoms with Gasteiger partial charge in [-0.2, -0.15) is 0 Å². The molecule has 0 bridgehead atoms. The molecule has 2 aliphatic heterocycles. The van der Waals surface area contributed by atoms with E-state index in [-0.39, 0.29) is 6.04 Å². The predicted octanol–water partition coefficient (Wildman–Crippen LogP) is 0.246. The van der Waals surface area contributed by atoms with Crippen molar-refractivity contribution in [2.75, 3.05) is 24.6 Å². The summed E-state index contributed by atoms with van der Waals surface area (Å²) < 4.78 is 23.2. The first kappa shape index (κ1) is 12.3. The van der Waals surface area contributed by atoms with Crippen molar-refractivity contribution in [1.29, 1.82) is 0 Å². The fourth-order valence-corrected chi connectivity index (χ4v) is 4.69. The van der Waals surface area contributed by atoms with Crippen molar-refractivity contribution in [3.05, 3.63) is 0 Å². The van der Waals surface area contributed by atoms with Gasteiger partial charge in [-0.25, -0.2) is 8.42 Å². The number of piperazine rings is 1. The molecule has 0 aromatic heterocycles. The first-order valence-electron chi connectivity index (χ1n) is 6.17. The van der Waals surface area contributed by atoms with Crippen LogP contribution in [-0.4, -0.2) is 56.0 Å². The Morgan fingerprint density at radius 1 is 1.19 bits per heavy atom. The molecule has 2 rings (SSSR count). The van der Waals surface area contributed by atoms with E-state index >= 15 is 0 Å². The third-order valence-corrected chi connectivity index (χ3v) is 5.34. The van der Waals surface area contributed by atoms with Gasteiger partial charge >= 0.3 is 0 Å². The van der Waals surface area contributed by atoms with Gasteiger partial charge in [0.2, 0.25) is 0 Å². The minimum Gasteiger partial charge on any atom is -0.309 e. The van der Waals surface area contributed by atoms with Gasteiger partial charge in [0.25, 0.3) is 0 Å². The summed E-state index contributed by atoms with van der Waals surface area (Å²) >= 11 is 0. The second kappa shape index (κ2) is 4.63. The number of nitrogens with one attached hydrogen (secondary N) is 1. The molecule has 0 aliphatic carbocycles. The molecule has 3 unspecified atom stereocenters. The first-order chi connectivity index (χ1) is 7.46. The Hall–Kier alpha value is -0.130. The molecule has 0 amide bonds. The summed E-state index contributed by atoms with van der Waals surface area (Å²) in [6.45, 7) is 6.29. The van der Waals surface area contributed by atoms with Gasteiger partial charge in [0, 0.05) is 31.2 Å². The molecule has 5 heteroatoms. The van der Waals surface area contributed by atoms with E-state index in [2.05, 4.69) is 24.1 Å². The number of hydrogen-bond acceptors (Lipinski definition) is 4. The van der Waals surface area contributed by atoms with Crippen LogP contribution in [0, 0.1) is 0 Å². The van der Waals surface area contributed by atoms with Gasteiger partial charge < -0.3 is 5.32 Å². The van der Waals surface area contributed by atoms with Crippen molar-refractivity contribution in [3.8, 4) is 0 Å². The monoisotopic (exact) mass is 246 g/mol. The zero-order chi connectivity index (χ0) is 11.8. The van der Waals surface area contributed by atoms with Crippen LogP contribution in [0.2, 0.25) is 0 Å². The van der Waals surface area contributed by atoms with E-state index in [1.165, 1.54) is 0 Å². The van der Waals surface area contributed by atoms with E-state index in [4.69, 9.17) is 0 Å². The molecule has 2 fully saturated rings. The van der Waals surface area contributed by atoms with E-state index in [1.54, 1.807) is 0 Å². The molecule has 94 valence electrons. The summed E-state index contributed by atoms with van der Waals surface area (Å²) in [5.74, 6) is 0.757. The number of sulfone groups is 1. The third-order valence-electron chi connectivity index (χ3n) is 3.54. The fourth-order valence-electron chi connectivity index (χ4n) is 2.95. The maximum atomic E-state index is 11.6. The third kappa shape index (κ3) is 2.96. The first-order valence-corrected chi connectivity index (χ1v) is 7.99. The molecule has 0 aromatic carbocycles. The Balaban J connectivity index is 2.01. The smallest absolute Gasteiger partial charge is 0.151 e. The SMILES string of the molecule is CC1CN(C2CCCS(=O)(=O)C2)CC(C)N1. The minimum atomic E-state index is -2.78. The fraction of sp³-hybridized carbons (Fsp3) is 1.00. The van der Waals surface area contributed by atoms with Gasteiger partial charge in [-0.3, -0.25) is 4.90 Å². The summed E-state index contributed by atoms with van der Waals surface area (Å²) in [7, 11) is -2.78. The molecule has 0 radical (unpaired) electrons. The molecule has 3 atom stereocenters. The van der Waals surface area contributed by atoms with Crippen LogP contribution in [-0.2, 0) is 9.84 Å². The van der Waals surface area contributed by atoms with E-state index in [0.717, 1.165) is 25.9 Å². The van der Waals surface area contributed by atoms with Gasteiger partial charge in [-0.1, -0.05) is 0 Å². The molecular formula is C11H22N2O2S. The van der Waals surface area contributed by atoms with Crippen LogP contribution in [0.5, 0.6) is 0 Å². The van der Waals surface area contributed by atoms with Gasteiger partial charge in [0.1, 0.15) is 0 Å². The Labute approximate surface area is 98.3 Å². The van der Waals surface area contributed by atoms with Gasteiger partial charge in [0.05, 0.1) is 11.5 Å². The highest BCUT2D eigenvalue weighted by atomic mass is 32.2. The van der Waals surface area contributed by atoms with E-state index in [1.807, 2.05) is 0 Å². The molecule has 0 saturated carbocycles. The molecule has 2 aliphatic rings. The largest absolute Gasteiger partial charge is 0.309 e. The highest BCUT2D eigenvalue weighted by molar-refractivity contribution is 7.91. The van der Waals surface area contributed by atoms with E-state index in [9.17, 15) is 8.42 Å². The van der Waals surface area contributed by atoms with Crippen LogP contribution in [0.3, 0.4) is 0 Å². The quantitative estimate of drug-likeness (QED) is 0.720. The highest BCUT2D eigenvalue weighted by Crippen LogP contribution is 2.19. The summed E-state index contributed by atoms with van der Waals surface area (Å²) in [5.41, 5.74) is 0. The lowest BCUT2D eigenvalue weighted by Crippen LogP contribution is -2.58. The Kier molecular flexibility index (Phi) is 3.56. The van der Waals surface area contributed by atoms with Crippen LogP contribution in [0.25, 0.3) is 0 Å². The lowest BCUT2D eigenvalue weighted by atomic mass is 10.1. The molecule has 2 saturated heterocycles. The van der Waals surface area contributed by atoms with Crippen LogP contribution >= 0.6 is 0 Å². The lowest BCUT2D eigenvalue weighted by Gasteiger charge is -2.42. The lowest BCUT2D eigenvalue weighted by molar-refractivity contribution is 0.125. The average Bonchev–Trinajstić information content (AvgIpc) is 2.14. The predicted molar refractivity (Wildman–Crippen MR) is 65.3 cm³/mol. The van der Waals surface area contributed by atoms with Crippen molar-refractivity contribution in [3.63, 3.8) is 0 Å². The molecular weight excluding hydrogens is 224 g/mol. The van der Waals surface area contributed by atoms with Gasteiger partial charge in [-0.15, -0.1) is 0 Å². The maximum absolute atomic E-state index is 11.6. The Bertz CT molecular complexity index is 332. The van der Waals surface area contributed by atoms with Crippen molar-refractivity contribution in [2.24, 2.45) is 0 Å². The summed E-state index contributed by atoms with van der Waals surface area (Å²) in [5, 5.41) is 3.48. The van der Waals surface area contributed by atoms with Crippen LogP contribution < -0.4 is 5.32 Å². The Morgan fingerprint density at radius 3 is 2.38 bits per heavy atom. The Morgan fingerprint density at radius 2 is 1.81 bits per heavy atom. The summed E-state index contributed by atoms with van der Waals surface area (Å²) in [4.78, 5) is 2.36. The van der Waals surface area contributed by atoms with Crippen LogP contribution in [0.15, 0.2) is 0 Å². The zero-order valence-electron chi connectivity index (χ0n) is 10.1. The van der Waals surface area contributed by atoms with E-state index < -0.39 is 9.84 Å². The van der Waals surface area contributed by atoms with Gasteiger partial charge in [0.15, 0.2) is 9.84 Å². The normalized spacial score (nSPS) is 40.8. The highest BCUT2D eigenvalue weighted by Gasteiger charge is 2.32. The molecule has 1 N–H and O–H groups in total. The standard InChI is InChI=1S/C11H22N2O2S/c1-9-6-13(7-10(2)12-9)11-4-3-5-16(14,15)8-11/h9-12H,3-8H2,1-2H3. The van der Waals surface area contributed by atoms with E-state index in [0.29, 0.717) is 23.6 Å². The van der Waals surface area contributed by atoms with Crippen molar-refractivity contribution < 1.29 is 8.42 Å². The molecule has 0 aromatic rings. The summed E-state index contributed by atoms with van der Waals surface area (Å²) in [6, 6.07) is 1.19. The average molecular weight is 246 g/mol.